The van der Waals surface area contributed by atoms with Gasteiger partial charge in [0.1, 0.15) is 11.5 Å². The number of hydrogen-bond donors (Lipinski definition) is 4. The molecule has 15 heteroatoms. The summed E-state index contributed by atoms with van der Waals surface area (Å²) in [6, 6.07) is 12.1. The van der Waals surface area contributed by atoms with Crippen molar-refractivity contribution >= 4 is 56.8 Å². The molecule has 2 heterocycles. The number of phenolic OH excluding ortho intramolecular Hbond substituents is 2. The first kappa shape index (κ1) is 28.8. The number of fused-ring (bicyclic) bond motifs is 2. The van der Waals surface area contributed by atoms with Gasteiger partial charge < -0.3 is 20.4 Å². The van der Waals surface area contributed by atoms with Crippen LogP contribution in [0.15, 0.2) is 82.6 Å². The number of hydrogen-bond acceptors (Lipinski definition) is 10. The van der Waals surface area contributed by atoms with Crippen LogP contribution < -0.4 is 9.80 Å². The van der Waals surface area contributed by atoms with Gasteiger partial charge in [-0.05, 0) is 60.7 Å². The molecule has 0 saturated heterocycles. The zero-order chi connectivity index (χ0) is 32.5. The number of amides is 4. The molecule has 4 N–H and O–H groups in total. The molecule has 0 unspecified atom stereocenters. The molecule has 4 aromatic carbocycles. The number of carboxylic acid groups (broad SMARTS) is 2. The Balaban J connectivity index is 1.30. The first-order valence-electron chi connectivity index (χ1n) is 12.7. The van der Waals surface area contributed by atoms with Crippen molar-refractivity contribution in [2.75, 3.05) is 9.80 Å². The maximum Gasteiger partial charge on any atom is 0.335 e. The minimum atomic E-state index is -4.48. The highest BCUT2D eigenvalue weighted by atomic mass is 32.2. The number of carbonyl (C=O) groups is 6. The van der Waals surface area contributed by atoms with Crippen molar-refractivity contribution in [3.63, 3.8) is 0 Å². The van der Waals surface area contributed by atoms with Crippen LogP contribution in [0.2, 0.25) is 0 Å². The van der Waals surface area contributed by atoms with E-state index in [1.54, 1.807) is 0 Å². The lowest BCUT2D eigenvalue weighted by Crippen LogP contribution is -2.29. The third kappa shape index (κ3) is 4.29. The van der Waals surface area contributed by atoms with Gasteiger partial charge in [-0.15, -0.1) is 0 Å². The number of carbonyl (C=O) groups excluding carboxylic acids is 4. The van der Waals surface area contributed by atoms with Gasteiger partial charge >= 0.3 is 11.9 Å². The van der Waals surface area contributed by atoms with Crippen LogP contribution in [-0.2, 0) is 9.84 Å². The first-order valence-corrected chi connectivity index (χ1v) is 14.1. The molecule has 14 nitrogen and oxygen atoms in total. The van der Waals surface area contributed by atoms with Crippen LogP contribution in [0.5, 0.6) is 11.5 Å². The number of imide groups is 2. The molecule has 6 rings (SSSR count). The number of carboxylic acids is 2. The van der Waals surface area contributed by atoms with Crippen LogP contribution in [0.25, 0.3) is 0 Å². The smallest absolute Gasteiger partial charge is 0.335 e. The SMILES string of the molecule is O=C(O)c1ccc2c(c1)C(=O)N(c1ccc(S(=O)(=O)c3ccc(N4C(=O)c5ccc(C(=O)O)cc5C4=O)c(O)c3)cc1O)C2=O. The van der Waals surface area contributed by atoms with E-state index in [1.807, 2.05) is 0 Å². The molecule has 0 atom stereocenters. The van der Waals surface area contributed by atoms with Crippen molar-refractivity contribution in [3.05, 3.63) is 106 Å². The van der Waals surface area contributed by atoms with E-state index in [4.69, 9.17) is 0 Å². The molecule has 45 heavy (non-hydrogen) atoms. The van der Waals surface area contributed by atoms with E-state index in [-0.39, 0.29) is 44.8 Å². The predicted octanol–water partition coefficient (Wildman–Crippen LogP) is 2.93. The third-order valence-corrected chi connectivity index (χ3v) is 9.01. The molecule has 4 aromatic rings. The number of aromatic hydroxyl groups is 2. The van der Waals surface area contributed by atoms with Crippen LogP contribution >= 0.6 is 0 Å². The van der Waals surface area contributed by atoms with Gasteiger partial charge in [-0.2, -0.15) is 0 Å². The molecule has 0 aliphatic carbocycles. The Labute approximate surface area is 251 Å². The number of sulfone groups is 1. The van der Waals surface area contributed by atoms with Crippen molar-refractivity contribution in [3.8, 4) is 11.5 Å². The minimum Gasteiger partial charge on any atom is -0.506 e. The summed E-state index contributed by atoms with van der Waals surface area (Å²) >= 11 is 0. The van der Waals surface area contributed by atoms with Gasteiger partial charge in [-0.25, -0.2) is 27.8 Å². The van der Waals surface area contributed by atoms with Crippen LogP contribution in [0.4, 0.5) is 11.4 Å². The van der Waals surface area contributed by atoms with Crippen molar-refractivity contribution in [1.82, 2.24) is 0 Å². The lowest BCUT2D eigenvalue weighted by atomic mass is 10.1. The van der Waals surface area contributed by atoms with Gasteiger partial charge in [0, 0.05) is 12.1 Å². The lowest BCUT2D eigenvalue weighted by Gasteiger charge is -2.17. The second kappa shape index (κ2) is 9.85. The Morgan fingerprint density at radius 2 is 0.867 bits per heavy atom. The molecule has 4 amide bonds. The van der Waals surface area contributed by atoms with Gasteiger partial charge in [0.15, 0.2) is 0 Å². The number of benzene rings is 4. The van der Waals surface area contributed by atoms with Gasteiger partial charge in [0.05, 0.1) is 54.5 Å². The fourth-order valence-electron chi connectivity index (χ4n) is 5.04. The Morgan fingerprint density at radius 1 is 0.511 bits per heavy atom. The summed E-state index contributed by atoms with van der Waals surface area (Å²) in [6.45, 7) is 0. The summed E-state index contributed by atoms with van der Waals surface area (Å²) in [7, 11) is -4.48. The van der Waals surface area contributed by atoms with Gasteiger partial charge in [-0.3, -0.25) is 19.2 Å². The van der Waals surface area contributed by atoms with E-state index < -0.39 is 66.7 Å². The average molecular weight is 629 g/mol. The fraction of sp³-hybridized carbons (Fsp3) is 0. The second-order valence-electron chi connectivity index (χ2n) is 9.83. The highest BCUT2D eigenvalue weighted by molar-refractivity contribution is 7.91. The van der Waals surface area contributed by atoms with Crippen molar-refractivity contribution in [1.29, 1.82) is 0 Å². The van der Waals surface area contributed by atoms with E-state index in [9.17, 15) is 57.6 Å². The summed E-state index contributed by atoms with van der Waals surface area (Å²) in [4.78, 5) is 74.4. The van der Waals surface area contributed by atoms with Gasteiger partial charge in [-0.1, -0.05) is 0 Å². The van der Waals surface area contributed by atoms with Crippen molar-refractivity contribution in [2.45, 2.75) is 9.79 Å². The monoisotopic (exact) mass is 628 g/mol. The van der Waals surface area contributed by atoms with Gasteiger partial charge in [0.2, 0.25) is 9.84 Å². The van der Waals surface area contributed by atoms with E-state index in [0.717, 1.165) is 72.8 Å². The summed E-state index contributed by atoms with van der Waals surface area (Å²) in [6.07, 6.45) is 0. The minimum absolute atomic E-state index is 0.114. The molecule has 0 radical (unpaired) electrons. The molecule has 0 spiro atoms. The maximum atomic E-state index is 13.4. The highest BCUT2D eigenvalue weighted by Gasteiger charge is 2.40. The largest absolute Gasteiger partial charge is 0.506 e. The molecular weight excluding hydrogens is 612 g/mol. The number of rotatable bonds is 6. The highest BCUT2D eigenvalue weighted by Crippen LogP contribution is 2.40. The average Bonchev–Trinajstić information content (AvgIpc) is 3.40. The molecule has 224 valence electrons. The van der Waals surface area contributed by atoms with Crippen molar-refractivity contribution < 1.29 is 57.6 Å². The predicted molar refractivity (Wildman–Crippen MR) is 151 cm³/mol. The normalized spacial score (nSPS) is 14.1. The maximum absolute atomic E-state index is 13.4. The van der Waals surface area contributed by atoms with Crippen LogP contribution in [0.3, 0.4) is 0 Å². The quantitative estimate of drug-likeness (QED) is 0.226. The fourth-order valence-corrected chi connectivity index (χ4v) is 6.34. The number of phenols is 2. The Kier molecular flexibility index (Phi) is 6.29. The topological polar surface area (TPSA) is 224 Å². The van der Waals surface area contributed by atoms with E-state index in [0.29, 0.717) is 9.80 Å². The Bertz CT molecular complexity index is 2060. The summed E-state index contributed by atoms with van der Waals surface area (Å²) in [5.74, 6) is -7.82. The summed E-state index contributed by atoms with van der Waals surface area (Å²) < 4.78 is 26.8. The van der Waals surface area contributed by atoms with Gasteiger partial charge in [0.25, 0.3) is 23.6 Å². The van der Waals surface area contributed by atoms with E-state index in [1.165, 1.54) is 0 Å². The molecule has 0 bridgehead atoms. The second-order valence-corrected chi connectivity index (χ2v) is 11.8. The zero-order valence-electron chi connectivity index (χ0n) is 22.3. The zero-order valence-corrected chi connectivity index (χ0v) is 23.1. The molecule has 0 aromatic heterocycles. The molecule has 2 aliphatic heterocycles. The van der Waals surface area contributed by atoms with E-state index >= 15 is 0 Å². The Morgan fingerprint density at radius 3 is 1.20 bits per heavy atom. The van der Waals surface area contributed by atoms with Crippen LogP contribution in [-0.4, -0.2) is 64.4 Å². The molecule has 2 aliphatic rings. The Hall–Kier alpha value is -6.35. The van der Waals surface area contributed by atoms with Crippen LogP contribution in [0, 0.1) is 0 Å². The first-order chi connectivity index (χ1) is 21.2. The summed E-state index contributed by atoms with van der Waals surface area (Å²) in [5.41, 5.74) is -1.88. The summed E-state index contributed by atoms with van der Waals surface area (Å²) in [5, 5.41) is 39.8. The number of aromatic carboxylic acids is 2. The lowest BCUT2D eigenvalue weighted by molar-refractivity contribution is 0.0686. The molecule has 0 saturated carbocycles. The third-order valence-electron chi connectivity index (χ3n) is 7.26. The molecule has 0 fully saturated rings. The van der Waals surface area contributed by atoms with Crippen LogP contribution in [0.1, 0.15) is 62.1 Å². The van der Waals surface area contributed by atoms with Crippen molar-refractivity contribution in [2.24, 2.45) is 0 Å². The van der Waals surface area contributed by atoms with E-state index in [2.05, 4.69) is 0 Å². The number of nitrogens with zero attached hydrogens (tertiary/aromatic N) is 2. The number of anilines is 2. The molecular formula is C30H16N2O12S. The standard InChI is InChI=1S/C30H16N2O12S/c33-23-11-15(3-7-21(23)31-25(35)17-5-1-13(29(39)40)9-19(17)27(31)37)45(43,44)16-4-8-22(24(34)12-16)32-26(36)18-6-2-14(30(41)42)10-20(18)28(32)38/h1-12,33-34H,(H,39,40)(H,41,42).